The highest BCUT2D eigenvalue weighted by atomic mass is 31.2. The molecule has 0 saturated heterocycles. The molecule has 5 nitrogen and oxygen atoms in total. The molecule has 0 bridgehead atoms. The Morgan fingerprint density at radius 2 is 1.22 bits per heavy atom. The van der Waals surface area contributed by atoms with Gasteiger partial charge in [0.25, 0.3) is 0 Å². The fraction of sp³-hybridized carbons (Fsp3) is 0.667. The SMILES string of the molecule is CC(C)=O.O=P(O)(O)O. The second-order valence-corrected chi connectivity index (χ2v) is 2.45. The molecule has 0 saturated carbocycles. The number of hydrogen-bond donors (Lipinski definition) is 3. The fourth-order valence-corrected chi connectivity index (χ4v) is 0. The van der Waals surface area contributed by atoms with Gasteiger partial charge in [-0.25, -0.2) is 4.57 Å². The minimum Gasteiger partial charge on any atom is -0.303 e. The first-order chi connectivity index (χ1) is 3.73. The maximum atomic E-state index is 9.44. The molecule has 0 fully saturated rings. The molecule has 0 radical (unpaired) electrons. The second kappa shape index (κ2) is 4.64. The molecular formula is C3H9O5P. The molecule has 6 heteroatoms. The van der Waals surface area contributed by atoms with Crippen molar-refractivity contribution in [3.63, 3.8) is 0 Å². The summed E-state index contributed by atoms with van der Waals surface area (Å²) in [6.45, 7) is 3.06. The summed E-state index contributed by atoms with van der Waals surface area (Å²) in [5, 5.41) is 0. The summed E-state index contributed by atoms with van der Waals surface area (Å²) in [7, 11) is -4.64. The number of carbonyl (C=O) groups is 1. The molecule has 0 aromatic rings. The Morgan fingerprint density at radius 3 is 1.22 bits per heavy atom. The molecule has 0 amide bonds. The van der Waals surface area contributed by atoms with Crippen LogP contribution in [0.5, 0.6) is 0 Å². The summed E-state index contributed by atoms with van der Waals surface area (Å²) in [6.07, 6.45) is 0. The third kappa shape index (κ3) is 5370. The van der Waals surface area contributed by atoms with Crippen LogP contribution in [0.25, 0.3) is 0 Å². The van der Waals surface area contributed by atoms with E-state index in [0.717, 1.165) is 0 Å². The Hall–Kier alpha value is -0.220. The molecule has 0 aromatic heterocycles. The van der Waals surface area contributed by atoms with Gasteiger partial charge < -0.3 is 19.5 Å². The Labute approximate surface area is 52.6 Å². The lowest BCUT2D eigenvalue weighted by Crippen LogP contribution is -1.69. The van der Waals surface area contributed by atoms with Crippen molar-refractivity contribution in [1.82, 2.24) is 0 Å². The molecule has 0 aromatic carbocycles. The van der Waals surface area contributed by atoms with Crippen LogP contribution in [0.15, 0.2) is 0 Å². The van der Waals surface area contributed by atoms with Crippen molar-refractivity contribution in [3.8, 4) is 0 Å². The lowest BCUT2D eigenvalue weighted by molar-refractivity contribution is -0.114. The average Bonchev–Trinajstić information content (AvgIpc) is 1.19. The molecule has 0 aliphatic rings. The van der Waals surface area contributed by atoms with Gasteiger partial charge in [-0.15, -0.1) is 0 Å². The normalized spacial score (nSPS) is 9.44. The average molecular weight is 156 g/mol. The number of phosphoric acid groups is 1. The number of ketones is 1. The number of Topliss-reactive ketones (excluding diaryl/α,β-unsaturated/α-hetero) is 1. The molecule has 56 valence electrons. The predicted octanol–water partition coefficient (Wildman–Crippen LogP) is -0.333. The van der Waals surface area contributed by atoms with E-state index >= 15 is 0 Å². The smallest absolute Gasteiger partial charge is 0.303 e. The highest BCUT2D eigenvalue weighted by Crippen LogP contribution is 2.25. The van der Waals surface area contributed by atoms with Crippen LogP contribution < -0.4 is 0 Å². The van der Waals surface area contributed by atoms with Crippen LogP contribution in [0, 0.1) is 0 Å². The van der Waals surface area contributed by atoms with Crippen molar-refractivity contribution >= 4 is 13.6 Å². The van der Waals surface area contributed by atoms with Crippen LogP contribution in [0.2, 0.25) is 0 Å². The molecule has 0 spiro atoms. The lowest BCUT2D eigenvalue weighted by atomic mass is 10.6. The molecule has 0 rings (SSSR count). The van der Waals surface area contributed by atoms with Crippen molar-refractivity contribution in [1.29, 1.82) is 0 Å². The molecule has 0 heterocycles. The van der Waals surface area contributed by atoms with Crippen LogP contribution in [0.1, 0.15) is 13.8 Å². The van der Waals surface area contributed by atoms with E-state index < -0.39 is 7.82 Å². The largest absolute Gasteiger partial charge is 0.466 e. The van der Waals surface area contributed by atoms with Crippen LogP contribution in [0.3, 0.4) is 0 Å². The van der Waals surface area contributed by atoms with Crippen LogP contribution >= 0.6 is 7.82 Å². The minimum absolute atomic E-state index is 0.167. The van der Waals surface area contributed by atoms with Gasteiger partial charge in [0.2, 0.25) is 0 Å². The van der Waals surface area contributed by atoms with E-state index in [0.29, 0.717) is 0 Å². The third-order valence-electron chi connectivity index (χ3n) is 0. The summed E-state index contributed by atoms with van der Waals surface area (Å²) in [6, 6.07) is 0. The van der Waals surface area contributed by atoms with Gasteiger partial charge in [0.15, 0.2) is 0 Å². The van der Waals surface area contributed by atoms with Gasteiger partial charge in [0, 0.05) is 0 Å². The van der Waals surface area contributed by atoms with Gasteiger partial charge >= 0.3 is 7.82 Å². The highest BCUT2D eigenvalue weighted by molar-refractivity contribution is 7.45. The van der Waals surface area contributed by atoms with Crippen LogP contribution in [0.4, 0.5) is 0 Å². The predicted molar refractivity (Wildman–Crippen MR) is 30.6 cm³/mol. The van der Waals surface area contributed by atoms with Crippen molar-refractivity contribution in [2.75, 3.05) is 0 Å². The van der Waals surface area contributed by atoms with E-state index in [1.54, 1.807) is 0 Å². The fourth-order valence-electron chi connectivity index (χ4n) is 0. The maximum Gasteiger partial charge on any atom is 0.466 e. The minimum atomic E-state index is -4.64. The molecule has 0 aliphatic heterocycles. The molecular weight excluding hydrogens is 147 g/mol. The number of rotatable bonds is 0. The standard InChI is InChI=1S/C3H6O.H3O4P/c1-3(2)4;1-5(2,3)4/h1-2H3;(H3,1,2,3,4). The molecule has 3 N–H and O–H groups in total. The van der Waals surface area contributed by atoms with E-state index in [4.69, 9.17) is 19.2 Å². The summed E-state index contributed by atoms with van der Waals surface area (Å²) < 4.78 is 8.88. The van der Waals surface area contributed by atoms with Crippen LogP contribution in [-0.4, -0.2) is 20.5 Å². The van der Waals surface area contributed by atoms with Crippen molar-refractivity contribution in [2.24, 2.45) is 0 Å². The van der Waals surface area contributed by atoms with Gasteiger partial charge in [0.05, 0.1) is 0 Å². The second-order valence-electron chi connectivity index (χ2n) is 1.42. The lowest BCUT2D eigenvalue weighted by Gasteiger charge is -1.82. The Balaban J connectivity index is 0. The number of carbonyl (C=O) groups excluding carboxylic acids is 1. The summed E-state index contributed by atoms with van der Waals surface area (Å²) in [4.78, 5) is 31.0. The van der Waals surface area contributed by atoms with Gasteiger partial charge in [0.1, 0.15) is 5.78 Å². The topological polar surface area (TPSA) is 94.8 Å². The quantitative estimate of drug-likeness (QED) is 0.417. The van der Waals surface area contributed by atoms with Crippen molar-refractivity contribution in [3.05, 3.63) is 0 Å². The molecule has 0 atom stereocenters. The van der Waals surface area contributed by atoms with Crippen LogP contribution in [-0.2, 0) is 9.36 Å². The molecule has 0 unspecified atom stereocenters. The first-order valence-corrected chi connectivity index (χ1v) is 3.55. The van der Waals surface area contributed by atoms with E-state index in [2.05, 4.69) is 0 Å². The van der Waals surface area contributed by atoms with Crippen molar-refractivity contribution < 1.29 is 24.0 Å². The Morgan fingerprint density at radius 1 is 1.22 bits per heavy atom. The summed E-state index contributed by atoms with van der Waals surface area (Å²) in [5.41, 5.74) is 0. The van der Waals surface area contributed by atoms with E-state index in [9.17, 15) is 4.79 Å². The van der Waals surface area contributed by atoms with Crippen molar-refractivity contribution in [2.45, 2.75) is 13.8 Å². The van der Waals surface area contributed by atoms with E-state index in [-0.39, 0.29) is 5.78 Å². The van der Waals surface area contributed by atoms with Gasteiger partial charge in [-0.1, -0.05) is 0 Å². The zero-order chi connectivity index (χ0) is 8.08. The van der Waals surface area contributed by atoms with Gasteiger partial charge in [-0.05, 0) is 13.8 Å². The summed E-state index contributed by atoms with van der Waals surface area (Å²) in [5.74, 6) is 0.167. The highest BCUT2D eigenvalue weighted by Gasteiger charge is 2.00. The third-order valence-corrected chi connectivity index (χ3v) is 0. The first-order valence-electron chi connectivity index (χ1n) is 1.99. The Kier molecular flexibility index (Phi) is 5.96. The molecule has 0 aliphatic carbocycles. The van der Waals surface area contributed by atoms with E-state index in [1.807, 2.05) is 0 Å². The maximum absolute atomic E-state index is 9.44. The monoisotopic (exact) mass is 156 g/mol. The number of hydrogen-bond acceptors (Lipinski definition) is 2. The summed E-state index contributed by atoms with van der Waals surface area (Å²) >= 11 is 0. The zero-order valence-electron chi connectivity index (χ0n) is 5.11. The Bertz CT molecular complexity index is 112. The molecule has 9 heavy (non-hydrogen) atoms. The zero-order valence-corrected chi connectivity index (χ0v) is 6.00. The van der Waals surface area contributed by atoms with Gasteiger partial charge in [-0.2, -0.15) is 0 Å². The first kappa shape index (κ1) is 11.6. The van der Waals surface area contributed by atoms with Gasteiger partial charge in [-0.3, -0.25) is 0 Å². The van der Waals surface area contributed by atoms with E-state index in [1.165, 1.54) is 13.8 Å².